The van der Waals surface area contributed by atoms with Gasteiger partial charge in [0.05, 0.1) is 5.69 Å². The molecular formula is C17H21N3. The summed E-state index contributed by atoms with van der Waals surface area (Å²) in [6.07, 6.45) is 8.69. The van der Waals surface area contributed by atoms with E-state index in [9.17, 15) is 0 Å². The molecule has 2 aliphatic rings. The Balaban J connectivity index is 1.50. The maximum absolute atomic E-state index is 4.78. The largest absolute Gasteiger partial charge is 0.385 e. The molecule has 0 spiro atoms. The third kappa shape index (κ3) is 2.45. The molecule has 1 aromatic heterocycles. The summed E-state index contributed by atoms with van der Waals surface area (Å²) in [5.74, 6) is 2.16. The van der Waals surface area contributed by atoms with Gasteiger partial charge < -0.3 is 9.88 Å². The number of aryl methyl sites for hydroxylation is 2. The highest BCUT2D eigenvalue weighted by Gasteiger charge is 2.20. The molecule has 4 rings (SSSR count). The molecule has 2 aromatic rings. The summed E-state index contributed by atoms with van der Waals surface area (Å²) >= 11 is 0. The fourth-order valence-corrected chi connectivity index (χ4v) is 2.89. The van der Waals surface area contributed by atoms with Gasteiger partial charge in [-0.2, -0.15) is 0 Å². The third-order valence-electron chi connectivity index (χ3n) is 4.38. The fraction of sp³-hybridized carbons (Fsp3) is 0.471. The molecule has 0 saturated heterocycles. The standard InChI is InChI=1S/C17H21N3/c1-2-10-20-12-16(19-17(20)3-1)14-6-8-15(9-7-14)18-11-13-4-5-13/h6-9,12-13,18H,1-5,10-11H2. The van der Waals surface area contributed by atoms with Crippen LogP contribution in [0.3, 0.4) is 0 Å². The first-order valence-electron chi connectivity index (χ1n) is 7.79. The van der Waals surface area contributed by atoms with Crippen molar-refractivity contribution in [3.63, 3.8) is 0 Å². The molecule has 0 atom stereocenters. The zero-order chi connectivity index (χ0) is 13.4. The number of nitrogens with zero attached hydrogens (tertiary/aromatic N) is 2. The second kappa shape index (κ2) is 4.97. The number of aromatic nitrogens is 2. The van der Waals surface area contributed by atoms with E-state index in [0.29, 0.717) is 0 Å². The van der Waals surface area contributed by atoms with Crippen LogP contribution in [-0.2, 0) is 13.0 Å². The number of rotatable bonds is 4. The van der Waals surface area contributed by atoms with Crippen molar-refractivity contribution >= 4 is 5.69 Å². The first kappa shape index (κ1) is 12.0. The van der Waals surface area contributed by atoms with Crippen LogP contribution in [0.2, 0.25) is 0 Å². The van der Waals surface area contributed by atoms with E-state index in [1.54, 1.807) is 0 Å². The lowest BCUT2D eigenvalue weighted by Crippen LogP contribution is -2.08. The van der Waals surface area contributed by atoms with E-state index in [1.807, 2.05) is 0 Å². The van der Waals surface area contributed by atoms with E-state index in [4.69, 9.17) is 4.98 Å². The van der Waals surface area contributed by atoms with Crippen LogP contribution in [0, 0.1) is 5.92 Å². The highest BCUT2D eigenvalue weighted by atomic mass is 15.1. The summed E-state index contributed by atoms with van der Waals surface area (Å²) in [7, 11) is 0. The van der Waals surface area contributed by atoms with Crippen molar-refractivity contribution < 1.29 is 0 Å². The Hall–Kier alpha value is -1.77. The SMILES string of the molecule is c1cc(-c2cn3c(n2)CCCC3)ccc1NCC1CC1. The highest BCUT2D eigenvalue weighted by molar-refractivity contribution is 5.62. The molecule has 0 amide bonds. The van der Waals surface area contributed by atoms with Crippen molar-refractivity contribution in [2.75, 3.05) is 11.9 Å². The van der Waals surface area contributed by atoms with E-state index in [0.717, 1.165) is 31.1 Å². The van der Waals surface area contributed by atoms with Gasteiger partial charge in [0.25, 0.3) is 0 Å². The van der Waals surface area contributed by atoms with Crippen LogP contribution in [-0.4, -0.2) is 16.1 Å². The molecule has 1 saturated carbocycles. The normalized spacial score (nSPS) is 17.8. The predicted molar refractivity (Wildman–Crippen MR) is 81.8 cm³/mol. The van der Waals surface area contributed by atoms with Crippen LogP contribution < -0.4 is 5.32 Å². The lowest BCUT2D eigenvalue weighted by Gasteiger charge is -2.11. The average molecular weight is 267 g/mol. The summed E-state index contributed by atoms with van der Waals surface area (Å²) in [6.45, 7) is 2.25. The Morgan fingerprint density at radius 2 is 2.00 bits per heavy atom. The molecular weight excluding hydrogens is 246 g/mol. The van der Waals surface area contributed by atoms with Gasteiger partial charge in [-0.05, 0) is 43.7 Å². The predicted octanol–water partition coefficient (Wildman–Crippen LogP) is 3.71. The van der Waals surface area contributed by atoms with Crippen molar-refractivity contribution in [2.45, 2.75) is 38.6 Å². The first-order chi connectivity index (χ1) is 9.88. The molecule has 1 fully saturated rings. The van der Waals surface area contributed by atoms with Crippen molar-refractivity contribution in [2.24, 2.45) is 5.92 Å². The van der Waals surface area contributed by atoms with Gasteiger partial charge in [0.1, 0.15) is 5.82 Å². The minimum atomic E-state index is 0.912. The van der Waals surface area contributed by atoms with Crippen LogP contribution in [0.15, 0.2) is 30.5 Å². The molecule has 0 unspecified atom stereocenters. The zero-order valence-corrected chi connectivity index (χ0v) is 11.8. The van der Waals surface area contributed by atoms with E-state index in [2.05, 4.69) is 40.3 Å². The van der Waals surface area contributed by atoms with Crippen molar-refractivity contribution in [3.8, 4) is 11.3 Å². The number of anilines is 1. The lowest BCUT2D eigenvalue weighted by molar-refractivity contribution is 0.522. The molecule has 3 nitrogen and oxygen atoms in total. The van der Waals surface area contributed by atoms with E-state index >= 15 is 0 Å². The van der Waals surface area contributed by atoms with Crippen molar-refractivity contribution in [3.05, 3.63) is 36.3 Å². The summed E-state index contributed by atoms with van der Waals surface area (Å²) in [5, 5.41) is 3.51. The van der Waals surface area contributed by atoms with Crippen LogP contribution in [0.1, 0.15) is 31.5 Å². The number of hydrogen-bond donors (Lipinski definition) is 1. The van der Waals surface area contributed by atoms with Gasteiger partial charge in [-0.15, -0.1) is 0 Å². The number of fused-ring (bicyclic) bond motifs is 1. The molecule has 1 aliphatic carbocycles. The fourth-order valence-electron chi connectivity index (χ4n) is 2.89. The lowest BCUT2D eigenvalue weighted by atomic mass is 10.1. The molecule has 2 heterocycles. The Kier molecular flexibility index (Phi) is 2.98. The minimum absolute atomic E-state index is 0.912. The maximum Gasteiger partial charge on any atom is 0.109 e. The second-order valence-electron chi connectivity index (χ2n) is 6.09. The van der Waals surface area contributed by atoms with Gasteiger partial charge in [-0.1, -0.05) is 12.1 Å². The van der Waals surface area contributed by atoms with Crippen LogP contribution in [0.25, 0.3) is 11.3 Å². The van der Waals surface area contributed by atoms with Gasteiger partial charge in [0, 0.05) is 37.0 Å². The van der Waals surface area contributed by atoms with Crippen molar-refractivity contribution in [1.82, 2.24) is 9.55 Å². The Morgan fingerprint density at radius 1 is 1.15 bits per heavy atom. The first-order valence-corrected chi connectivity index (χ1v) is 7.79. The third-order valence-corrected chi connectivity index (χ3v) is 4.38. The van der Waals surface area contributed by atoms with Gasteiger partial charge in [-0.3, -0.25) is 0 Å². The molecule has 1 aliphatic heterocycles. The summed E-state index contributed by atoms with van der Waals surface area (Å²) in [5.41, 5.74) is 3.57. The summed E-state index contributed by atoms with van der Waals surface area (Å²) in [4.78, 5) is 4.78. The highest BCUT2D eigenvalue weighted by Crippen LogP contribution is 2.29. The van der Waals surface area contributed by atoms with Gasteiger partial charge in [0.2, 0.25) is 0 Å². The maximum atomic E-state index is 4.78. The Bertz CT molecular complexity index is 570. The molecule has 104 valence electrons. The smallest absolute Gasteiger partial charge is 0.109 e. The van der Waals surface area contributed by atoms with Gasteiger partial charge >= 0.3 is 0 Å². The number of imidazole rings is 1. The van der Waals surface area contributed by atoms with Gasteiger partial charge in [0.15, 0.2) is 0 Å². The number of hydrogen-bond acceptors (Lipinski definition) is 2. The molecule has 3 heteroatoms. The van der Waals surface area contributed by atoms with E-state index in [1.165, 1.54) is 42.8 Å². The average Bonchev–Trinajstić information content (AvgIpc) is 3.22. The summed E-state index contributed by atoms with van der Waals surface area (Å²) < 4.78 is 2.32. The summed E-state index contributed by atoms with van der Waals surface area (Å²) in [6, 6.07) is 8.72. The second-order valence-corrected chi connectivity index (χ2v) is 6.09. The molecule has 0 bridgehead atoms. The van der Waals surface area contributed by atoms with E-state index < -0.39 is 0 Å². The Labute approximate surface area is 120 Å². The molecule has 20 heavy (non-hydrogen) atoms. The van der Waals surface area contributed by atoms with Crippen LogP contribution >= 0.6 is 0 Å². The van der Waals surface area contributed by atoms with Crippen LogP contribution in [0.5, 0.6) is 0 Å². The number of benzene rings is 1. The minimum Gasteiger partial charge on any atom is -0.385 e. The molecule has 0 radical (unpaired) electrons. The monoisotopic (exact) mass is 267 g/mol. The van der Waals surface area contributed by atoms with E-state index in [-0.39, 0.29) is 0 Å². The number of nitrogens with one attached hydrogen (secondary N) is 1. The quantitative estimate of drug-likeness (QED) is 0.915. The molecule has 1 N–H and O–H groups in total. The Morgan fingerprint density at radius 3 is 2.75 bits per heavy atom. The van der Waals surface area contributed by atoms with Crippen LogP contribution in [0.4, 0.5) is 5.69 Å². The topological polar surface area (TPSA) is 29.9 Å². The molecule has 1 aromatic carbocycles. The van der Waals surface area contributed by atoms with Gasteiger partial charge in [-0.25, -0.2) is 4.98 Å². The zero-order valence-electron chi connectivity index (χ0n) is 11.8. The van der Waals surface area contributed by atoms with Crippen molar-refractivity contribution in [1.29, 1.82) is 0 Å².